The van der Waals surface area contributed by atoms with Gasteiger partial charge in [-0.2, -0.15) is 0 Å². The fourth-order valence-corrected chi connectivity index (χ4v) is 2.12. The first-order chi connectivity index (χ1) is 10.1. The Morgan fingerprint density at radius 1 is 0.952 bits per heavy atom. The second-order valence-corrected chi connectivity index (χ2v) is 5.24. The summed E-state index contributed by atoms with van der Waals surface area (Å²) in [5.41, 5.74) is 1.79. The van der Waals surface area contributed by atoms with Gasteiger partial charge in [-0.15, -0.1) is 0 Å². The largest absolute Gasteiger partial charge is 0.467 e. The maximum atomic E-state index is 11.3. The monoisotopic (exact) mass is 324 g/mol. The van der Waals surface area contributed by atoms with E-state index in [2.05, 4.69) is 4.74 Å². The fourth-order valence-electron chi connectivity index (χ4n) is 1.87. The Kier molecular flexibility index (Phi) is 5.62. The van der Waals surface area contributed by atoms with E-state index in [4.69, 9.17) is 27.9 Å². The van der Waals surface area contributed by atoms with E-state index < -0.39 is 12.1 Å². The van der Waals surface area contributed by atoms with Crippen LogP contribution in [0.1, 0.15) is 17.2 Å². The Morgan fingerprint density at radius 2 is 1.38 bits per heavy atom. The molecule has 0 saturated heterocycles. The number of benzene rings is 2. The average Bonchev–Trinajstić information content (AvgIpc) is 2.50. The Bertz CT molecular complexity index is 548. The van der Waals surface area contributed by atoms with E-state index in [1.165, 1.54) is 7.11 Å². The van der Waals surface area contributed by atoms with Crippen molar-refractivity contribution in [2.75, 3.05) is 13.7 Å². The topological polar surface area (TPSA) is 35.5 Å². The van der Waals surface area contributed by atoms with Crippen molar-refractivity contribution < 1.29 is 14.3 Å². The molecule has 0 aliphatic carbocycles. The first kappa shape index (κ1) is 15.8. The fraction of sp³-hybridized carbons (Fsp3) is 0.188. The zero-order chi connectivity index (χ0) is 15.2. The third-order valence-electron chi connectivity index (χ3n) is 2.94. The van der Waals surface area contributed by atoms with Gasteiger partial charge in [0, 0.05) is 10.0 Å². The van der Waals surface area contributed by atoms with Gasteiger partial charge in [0.25, 0.3) is 0 Å². The molecule has 0 aliphatic rings. The highest BCUT2D eigenvalue weighted by Crippen LogP contribution is 2.28. The molecule has 0 saturated carbocycles. The van der Waals surface area contributed by atoms with Gasteiger partial charge in [0.1, 0.15) is 12.7 Å². The molecular formula is C16H14Cl2O3. The molecule has 0 aromatic heterocycles. The van der Waals surface area contributed by atoms with Crippen LogP contribution in [0.2, 0.25) is 10.0 Å². The molecule has 5 heteroatoms. The number of hydrogen-bond acceptors (Lipinski definition) is 3. The SMILES string of the molecule is COC(=O)COC(c1ccc(Cl)cc1)c1ccc(Cl)cc1. The van der Waals surface area contributed by atoms with Crippen LogP contribution in [-0.4, -0.2) is 19.7 Å². The molecule has 0 aliphatic heterocycles. The molecule has 0 atom stereocenters. The highest BCUT2D eigenvalue weighted by atomic mass is 35.5. The summed E-state index contributed by atoms with van der Waals surface area (Å²) < 4.78 is 10.3. The minimum absolute atomic E-state index is 0.133. The number of ether oxygens (including phenoxy) is 2. The lowest BCUT2D eigenvalue weighted by atomic mass is 10.0. The van der Waals surface area contributed by atoms with E-state index in [1.54, 1.807) is 24.3 Å². The number of hydrogen-bond donors (Lipinski definition) is 0. The van der Waals surface area contributed by atoms with Gasteiger partial charge in [-0.1, -0.05) is 47.5 Å². The van der Waals surface area contributed by atoms with Crippen molar-refractivity contribution in [3.8, 4) is 0 Å². The number of carbonyl (C=O) groups excluding carboxylic acids is 1. The summed E-state index contributed by atoms with van der Waals surface area (Å²) in [4.78, 5) is 11.3. The number of carbonyl (C=O) groups is 1. The maximum Gasteiger partial charge on any atom is 0.331 e. The lowest BCUT2D eigenvalue weighted by Crippen LogP contribution is -2.15. The first-order valence-corrected chi connectivity index (χ1v) is 7.05. The molecule has 0 heterocycles. The van der Waals surface area contributed by atoms with Gasteiger partial charge in [-0.3, -0.25) is 0 Å². The molecule has 0 radical (unpaired) electrons. The summed E-state index contributed by atoms with van der Waals surface area (Å²) in [7, 11) is 1.32. The van der Waals surface area contributed by atoms with Gasteiger partial charge in [-0.05, 0) is 35.4 Å². The molecule has 0 N–H and O–H groups in total. The van der Waals surface area contributed by atoms with E-state index in [0.717, 1.165) is 11.1 Å². The van der Waals surface area contributed by atoms with Crippen molar-refractivity contribution in [3.63, 3.8) is 0 Å². The minimum atomic E-state index is -0.428. The second kappa shape index (κ2) is 7.46. The third-order valence-corrected chi connectivity index (χ3v) is 3.44. The summed E-state index contributed by atoms with van der Waals surface area (Å²) in [5.74, 6) is -0.428. The zero-order valence-corrected chi connectivity index (χ0v) is 12.9. The molecule has 0 bridgehead atoms. The van der Waals surface area contributed by atoms with Crippen molar-refractivity contribution in [1.29, 1.82) is 0 Å². The Labute approximate surface area is 133 Å². The van der Waals surface area contributed by atoms with Crippen LogP contribution in [0.25, 0.3) is 0 Å². The normalized spacial score (nSPS) is 10.7. The molecule has 21 heavy (non-hydrogen) atoms. The highest BCUT2D eigenvalue weighted by Gasteiger charge is 2.16. The Morgan fingerprint density at radius 3 is 1.76 bits per heavy atom. The van der Waals surface area contributed by atoms with Gasteiger partial charge < -0.3 is 9.47 Å². The van der Waals surface area contributed by atoms with Crippen molar-refractivity contribution in [3.05, 3.63) is 69.7 Å². The molecule has 110 valence electrons. The van der Waals surface area contributed by atoms with Crippen LogP contribution in [0.15, 0.2) is 48.5 Å². The van der Waals surface area contributed by atoms with E-state index >= 15 is 0 Å². The zero-order valence-electron chi connectivity index (χ0n) is 11.4. The van der Waals surface area contributed by atoms with Crippen LogP contribution < -0.4 is 0 Å². The molecular weight excluding hydrogens is 311 g/mol. The second-order valence-electron chi connectivity index (χ2n) is 4.37. The summed E-state index contributed by atoms with van der Waals surface area (Å²) in [6.45, 7) is -0.133. The number of rotatable bonds is 5. The summed E-state index contributed by atoms with van der Waals surface area (Å²) in [6.07, 6.45) is -0.390. The van der Waals surface area contributed by atoms with E-state index in [-0.39, 0.29) is 6.61 Å². The van der Waals surface area contributed by atoms with Crippen LogP contribution in [0, 0.1) is 0 Å². The molecule has 0 unspecified atom stereocenters. The molecule has 3 nitrogen and oxygen atoms in total. The van der Waals surface area contributed by atoms with Crippen molar-refractivity contribution >= 4 is 29.2 Å². The van der Waals surface area contributed by atoms with Gasteiger partial charge in [0.2, 0.25) is 0 Å². The molecule has 2 aromatic carbocycles. The van der Waals surface area contributed by atoms with Crippen molar-refractivity contribution in [1.82, 2.24) is 0 Å². The van der Waals surface area contributed by atoms with Crippen LogP contribution in [0.5, 0.6) is 0 Å². The summed E-state index contributed by atoms with van der Waals surface area (Å²) in [5, 5.41) is 1.28. The molecule has 2 rings (SSSR count). The lowest BCUT2D eigenvalue weighted by molar-refractivity contribution is -0.147. The lowest BCUT2D eigenvalue weighted by Gasteiger charge is -2.18. The third kappa shape index (κ3) is 4.46. The number of halogens is 2. The standard InChI is InChI=1S/C16H14Cl2O3/c1-20-15(19)10-21-16(11-2-6-13(17)7-3-11)12-4-8-14(18)9-5-12/h2-9,16H,10H2,1H3. The summed E-state index contributed by atoms with van der Waals surface area (Å²) >= 11 is 11.8. The smallest absolute Gasteiger partial charge is 0.331 e. The minimum Gasteiger partial charge on any atom is -0.467 e. The molecule has 0 spiro atoms. The van der Waals surface area contributed by atoms with Gasteiger partial charge in [0.05, 0.1) is 7.11 Å². The van der Waals surface area contributed by atoms with Gasteiger partial charge in [0.15, 0.2) is 0 Å². The van der Waals surface area contributed by atoms with Crippen LogP contribution >= 0.6 is 23.2 Å². The van der Waals surface area contributed by atoms with Gasteiger partial charge >= 0.3 is 5.97 Å². The quantitative estimate of drug-likeness (QED) is 0.770. The summed E-state index contributed by atoms with van der Waals surface area (Å²) in [6, 6.07) is 14.6. The van der Waals surface area contributed by atoms with E-state index in [0.29, 0.717) is 10.0 Å². The number of methoxy groups -OCH3 is 1. The molecule has 2 aromatic rings. The Hall–Kier alpha value is -1.55. The van der Waals surface area contributed by atoms with Gasteiger partial charge in [-0.25, -0.2) is 4.79 Å². The first-order valence-electron chi connectivity index (χ1n) is 6.29. The van der Waals surface area contributed by atoms with Crippen molar-refractivity contribution in [2.24, 2.45) is 0 Å². The van der Waals surface area contributed by atoms with Crippen molar-refractivity contribution in [2.45, 2.75) is 6.10 Å². The average molecular weight is 325 g/mol. The van der Waals surface area contributed by atoms with Crippen LogP contribution in [-0.2, 0) is 14.3 Å². The van der Waals surface area contributed by atoms with E-state index in [1.807, 2.05) is 24.3 Å². The molecule has 0 fully saturated rings. The Balaban J connectivity index is 2.27. The predicted molar refractivity (Wildman–Crippen MR) is 82.7 cm³/mol. The number of esters is 1. The predicted octanol–water partition coefficient (Wildman–Crippen LogP) is 4.27. The van der Waals surface area contributed by atoms with E-state index in [9.17, 15) is 4.79 Å². The maximum absolute atomic E-state index is 11.3. The molecule has 0 amide bonds. The van der Waals surface area contributed by atoms with Crippen LogP contribution in [0.3, 0.4) is 0 Å². The highest BCUT2D eigenvalue weighted by molar-refractivity contribution is 6.30. The van der Waals surface area contributed by atoms with Crippen LogP contribution in [0.4, 0.5) is 0 Å².